The van der Waals surface area contributed by atoms with Gasteiger partial charge in [0.25, 0.3) is 0 Å². The number of carbonyl (C=O) groups is 1. The van der Waals surface area contributed by atoms with Gasteiger partial charge in [-0.15, -0.1) is 0 Å². The molecule has 1 atom stereocenters. The number of oxime groups is 1. The molecule has 2 aliphatic heterocycles. The van der Waals surface area contributed by atoms with Crippen LogP contribution in [-0.4, -0.2) is 36.3 Å². The highest BCUT2D eigenvalue weighted by Crippen LogP contribution is 2.42. The zero-order valence-corrected chi connectivity index (χ0v) is 11.0. The third kappa shape index (κ3) is 1.82. The van der Waals surface area contributed by atoms with Gasteiger partial charge in [0.2, 0.25) is 18.1 Å². The molecular formula is C13H13NO6. The van der Waals surface area contributed by atoms with E-state index in [2.05, 4.69) is 5.16 Å². The Labute approximate surface area is 114 Å². The van der Waals surface area contributed by atoms with Crippen molar-refractivity contribution >= 4 is 11.7 Å². The van der Waals surface area contributed by atoms with Crippen LogP contribution in [0.1, 0.15) is 18.9 Å². The number of nitrogens with zero attached hydrogens (tertiary/aromatic N) is 1. The zero-order chi connectivity index (χ0) is 14.3. The van der Waals surface area contributed by atoms with Crippen LogP contribution in [0.3, 0.4) is 0 Å². The molecule has 2 heterocycles. The number of hydrogen-bond donors (Lipinski definition) is 1. The first-order chi connectivity index (χ1) is 9.53. The minimum Gasteiger partial charge on any atom is -0.493 e. The Morgan fingerprint density at radius 1 is 1.45 bits per heavy atom. The Bertz CT molecular complexity index is 611. The van der Waals surface area contributed by atoms with Crippen molar-refractivity contribution in [2.24, 2.45) is 5.16 Å². The molecule has 0 fully saturated rings. The lowest BCUT2D eigenvalue weighted by Crippen LogP contribution is -2.35. The quantitative estimate of drug-likeness (QED) is 0.899. The molecule has 0 saturated carbocycles. The number of methoxy groups -OCH3 is 1. The van der Waals surface area contributed by atoms with Crippen molar-refractivity contribution in [3.63, 3.8) is 0 Å². The number of benzene rings is 1. The second kappa shape index (κ2) is 4.29. The number of carboxylic acid groups (broad SMARTS) is 1. The van der Waals surface area contributed by atoms with Crippen molar-refractivity contribution in [2.45, 2.75) is 18.9 Å². The van der Waals surface area contributed by atoms with Crippen molar-refractivity contribution in [3.8, 4) is 17.2 Å². The van der Waals surface area contributed by atoms with Gasteiger partial charge in [-0.1, -0.05) is 5.16 Å². The van der Waals surface area contributed by atoms with E-state index in [4.69, 9.17) is 24.2 Å². The summed E-state index contributed by atoms with van der Waals surface area (Å²) in [6.45, 7) is 1.61. The maximum Gasteiger partial charge on any atom is 0.351 e. The van der Waals surface area contributed by atoms with Gasteiger partial charge in [0.05, 0.1) is 12.8 Å². The first kappa shape index (κ1) is 12.6. The number of carboxylic acids is 1. The first-order valence-electron chi connectivity index (χ1n) is 6.00. The molecule has 7 nitrogen and oxygen atoms in total. The third-order valence-corrected chi connectivity index (χ3v) is 3.31. The Morgan fingerprint density at radius 2 is 2.25 bits per heavy atom. The molecule has 1 aromatic rings. The largest absolute Gasteiger partial charge is 0.493 e. The van der Waals surface area contributed by atoms with Crippen molar-refractivity contribution in [1.82, 2.24) is 0 Å². The zero-order valence-electron chi connectivity index (χ0n) is 11.0. The monoisotopic (exact) mass is 279 g/mol. The first-order valence-corrected chi connectivity index (χ1v) is 6.00. The van der Waals surface area contributed by atoms with Crippen LogP contribution in [0.15, 0.2) is 17.3 Å². The SMILES string of the molecule is COc1cc(C2=NOC(C)(C(=O)O)C2)cc2c1OCO2. The van der Waals surface area contributed by atoms with E-state index in [1.165, 1.54) is 14.0 Å². The molecule has 0 amide bonds. The normalized spacial score (nSPS) is 23.2. The van der Waals surface area contributed by atoms with Crippen molar-refractivity contribution in [2.75, 3.05) is 13.9 Å². The topological polar surface area (TPSA) is 86.6 Å². The van der Waals surface area contributed by atoms with Gasteiger partial charge < -0.3 is 24.2 Å². The molecule has 106 valence electrons. The van der Waals surface area contributed by atoms with Crippen LogP contribution in [0, 0.1) is 0 Å². The summed E-state index contributed by atoms with van der Waals surface area (Å²) >= 11 is 0. The van der Waals surface area contributed by atoms with E-state index in [1.807, 2.05) is 0 Å². The molecule has 1 N–H and O–H groups in total. The predicted molar refractivity (Wildman–Crippen MR) is 67.4 cm³/mol. The van der Waals surface area contributed by atoms with Gasteiger partial charge in [0.15, 0.2) is 11.5 Å². The summed E-state index contributed by atoms with van der Waals surface area (Å²) in [6, 6.07) is 3.46. The molecule has 0 radical (unpaired) electrons. The Balaban J connectivity index is 1.95. The highest BCUT2D eigenvalue weighted by atomic mass is 16.7. The molecule has 0 bridgehead atoms. The van der Waals surface area contributed by atoms with E-state index < -0.39 is 11.6 Å². The van der Waals surface area contributed by atoms with Gasteiger partial charge in [-0.3, -0.25) is 0 Å². The van der Waals surface area contributed by atoms with Gasteiger partial charge >= 0.3 is 5.97 Å². The van der Waals surface area contributed by atoms with E-state index in [0.717, 1.165) is 0 Å². The number of fused-ring (bicyclic) bond motifs is 1. The van der Waals surface area contributed by atoms with Crippen molar-refractivity contribution in [1.29, 1.82) is 0 Å². The van der Waals surface area contributed by atoms with Crippen LogP contribution in [0.25, 0.3) is 0 Å². The highest BCUT2D eigenvalue weighted by molar-refractivity contribution is 6.05. The molecule has 0 spiro atoms. The summed E-state index contributed by atoms with van der Waals surface area (Å²) in [5.41, 5.74) is -0.110. The highest BCUT2D eigenvalue weighted by Gasteiger charge is 2.42. The summed E-state index contributed by atoms with van der Waals surface area (Å²) < 4.78 is 15.9. The number of aliphatic carboxylic acids is 1. The fourth-order valence-corrected chi connectivity index (χ4v) is 2.11. The fourth-order valence-electron chi connectivity index (χ4n) is 2.11. The smallest absolute Gasteiger partial charge is 0.351 e. The Hall–Kier alpha value is -2.44. The van der Waals surface area contributed by atoms with Crippen LogP contribution in [0.2, 0.25) is 0 Å². The van der Waals surface area contributed by atoms with Gasteiger partial charge in [0.1, 0.15) is 0 Å². The van der Waals surface area contributed by atoms with Gasteiger partial charge in [-0.05, 0) is 19.1 Å². The number of ether oxygens (including phenoxy) is 3. The van der Waals surface area contributed by atoms with E-state index in [0.29, 0.717) is 28.5 Å². The predicted octanol–water partition coefficient (Wildman–Crippen LogP) is 1.39. The lowest BCUT2D eigenvalue weighted by molar-refractivity contribution is -0.160. The van der Waals surface area contributed by atoms with Crippen LogP contribution in [0.4, 0.5) is 0 Å². The Kier molecular flexibility index (Phi) is 2.70. The third-order valence-electron chi connectivity index (χ3n) is 3.31. The minimum absolute atomic E-state index is 0.130. The summed E-state index contributed by atoms with van der Waals surface area (Å²) in [5, 5.41) is 13.0. The second-order valence-corrected chi connectivity index (χ2v) is 4.75. The average Bonchev–Trinajstić information content (AvgIpc) is 3.04. The van der Waals surface area contributed by atoms with Crippen LogP contribution < -0.4 is 14.2 Å². The van der Waals surface area contributed by atoms with E-state index in [-0.39, 0.29) is 13.2 Å². The molecule has 0 saturated heterocycles. The molecular weight excluding hydrogens is 266 g/mol. The molecule has 7 heteroatoms. The molecule has 20 heavy (non-hydrogen) atoms. The van der Waals surface area contributed by atoms with Crippen LogP contribution in [-0.2, 0) is 9.63 Å². The second-order valence-electron chi connectivity index (χ2n) is 4.75. The molecule has 1 unspecified atom stereocenters. The summed E-state index contributed by atoms with van der Waals surface area (Å²) in [7, 11) is 1.52. The van der Waals surface area contributed by atoms with Gasteiger partial charge in [0, 0.05) is 12.0 Å². The molecule has 0 aliphatic carbocycles. The van der Waals surface area contributed by atoms with Crippen molar-refractivity contribution in [3.05, 3.63) is 17.7 Å². The average molecular weight is 279 g/mol. The van der Waals surface area contributed by atoms with E-state index >= 15 is 0 Å². The minimum atomic E-state index is -1.33. The Morgan fingerprint density at radius 3 is 2.90 bits per heavy atom. The number of rotatable bonds is 3. The summed E-state index contributed by atoms with van der Waals surface area (Å²) in [5.74, 6) is 0.549. The lowest BCUT2D eigenvalue weighted by atomic mass is 9.96. The fraction of sp³-hybridized carbons (Fsp3) is 0.385. The van der Waals surface area contributed by atoms with Gasteiger partial charge in [-0.2, -0.15) is 0 Å². The number of hydrogen-bond acceptors (Lipinski definition) is 6. The van der Waals surface area contributed by atoms with Crippen molar-refractivity contribution < 1.29 is 28.9 Å². The molecule has 2 aliphatic rings. The maximum absolute atomic E-state index is 11.1. The van der Waals surface area contributed by atoms with Crippen LogP contribution in [0.5, 0.6) is 17.2 Å². The van der Waals surface area contributed by atoms with E-state index in [1.54, 1.807) is 12.1 Å². The summed E-state index contributed by atoms with van der Waals surface area (Å²) in [6.07, 6.45) is 0.172. The van der Waals surface area contributed by atoms with Gasteiger partial charge in [-0.25, -0.2) is 4.79 Å². The maximum atomic E-state index is 11.1. The summed E-state index contributed by atoms with van der Waals surface area (Å²) in [4.78, 5) is 16.2. The standard InChI is InChI=1S/C13H13NO6/c1-13(12(15)16)5-8(14-20-13)7-3-9(17-2)11-10(4-7)18-6-19-11/h3-4H,5-6H2,1-2H3,(H,15,16). The molecule has 0 aromatic heterocycles. The molecule has 1 aromatic carbocycles. The molecule has 3 rings (SSSR count). The lowest BCUT2D eigenvalue weighted by Gasteiger charge is -2.14. The van der Waals surface area contributed by atoms with E-state index in [9.17, 15) is 4.79 Å². The van der Waals surface area contributed by atoms with Crippen LogP contribution >= 0.6 is 0 Å².